The molecule has 0 aliphatic carbocycles. The quantitative estimate of drug-likeness (QED) is 0.876. The van der Waals surface area contributed by atoms with Gasteiger partial charge in [-0.3, -0.25) is 0 Å². The molecule has 0 aliphatic rings. The maximum absolute atomic E-state index is 5.39. The molecule has 16 heavy (non-hydrogen) atoms. The summed E-state index contributed by atoms with van der Waals surface area (Å²) in [6.07, 6.45) is 0. The molecular weight excluding hydrogens is 218 g/mol. The number of para-hydroxylation sites is 1. The highest BCUT2D eigenvalue weighted by molar-refractivity contribution is 7.08. The molecule has 0 atom stereocenters. The van der Waals surface area contributed by atoms with Crippen LogP contribution < -0.4 is 10.1 Å². The largest absolute Gasteiger partial charge is 0.496 e. The topological polar surface area (TPSA) is 21.3 Å². The number of rotatable bonds is 4. The molecule has 0 fully saturated rings. The molecule has 84 valence electrons. The van der Waals surface area contributed by atoms with Crippen LogP contribution in [0.3, 0.4) is 0 Å². The third kappa shape index (κ3) is 2.10. The van der Waals surface area contributed by atoms with E-state index in [0.29, 0.717) is 0 Å². The van der Waals surface area contributed by atoms with Crippen molar-refractivity contribution in [2.75, 3.05) is 14.2 Å². The van der Waals surface area contributed by atoms with Gasteiger partial charge in [-0.2, -0.15) is 11.3 Å². The van der Waals surface area contributed by atoms with Crippen molar-refractivity contribution in [2.45, 2.75) is 6.54 Å². The van der Waals surface area contributed by atoms with E-state index in [1.165, 1.54) is 11.1 Å². The second-order valence-electron chi connectivity index (χ2n) is 3.54. The van der Waals surface area contributed by atoms with E-state index in [4.69, 9.17) is 4.74 Å². The minimum Gasteiger partial charge on any atom is -0.496 e. The summed E-state index contributed by atoms with van der Waals surface area (Å²) in [5.74, 6) is 0.929. The van der Waals surface area contributed by atoms with Gasteiger partial charge in [0.15, 0.2) is 0 Å². The van der Waals surface area contributed by atoms with Crippen LogP contribution in [0.25, 0.3) is 11.1 Å². The number of nitrogens with one attached hydrogen (secondary N) is 1. The highest BCUT2D eigenvalue weighted by Crippen LogP contribution is 2.34. The van der Waals surface area contributed by atoms with Crippen LogP contribution >= 0.6 is 11.3 Å². The number of hydrogen-bond acceptors (Lipinski definition) is 3. The molecule has 0 aliphatic heterocycles. The fraction of sp³-hybridized carbons (Fsp3) is 0.231. The molecule has 2 aromatic rings. The summed E-state index contributed by atoms with van der Waals surface area (Å²) >= 11 is 1.72. The molecule has 0 bridgehead atoms. The summed E-state index contributed by atoms with van der Waals surface area (Å²) < 4.78 is 5.39. The lowest BCUT2D eigenvalue weighted by Gasteiger charge is -2.09. The van der Waals surface area contributed by atoms with E-state index >= 15 is 0 Å². The zero-order valence-corrected chi connectivity index (χ0v) is 10.3. The fourth-order valence-corrected chi connectivity index (χ4v) is 2.61. The molecule has 2 rings (SSSR count). The van der Waals surface area contributed by atoms with Crippen LogP contribution in [0.15, 0.2) is 35.0 Å². The summed E-state index contributed by atoms with van der Waals surface area (Å²) in [6.45, 7) is 0.886. The lowest BCUT2D eigenvalue weighted by molar-refractivity contribution is 0.416. The predicted molar refractivity (Wildman–Crippen MR) is 69.1 cm³/mol. The van der Waals surface area contributed by atoms with Crippen molar-refractivity contribution in [3.8, 4) is 16.9 Å². The zero-order chi connectivity index (χ0) is 11.4. The van der Waals surface area contributed by atoms with E-state index < -0.39 is 0 Å². The Hall–Kier alpha value is -1.32. The van der Waals surface area contributed by atoms with Gasteiger partial charge in [0, 0.05) is 17.7 Å². The van der Waals surface area contributed by atoms with E-state index in [0.717, 1.165) is 17.9 Å². The van der Waals surface area contributed by atoms with Crippen LogP contribution in [0.1, 0.15) is 5.56 Å². The lowest BCUT2D eigenvalue weighted by atomic mass is 10.0. The summed E-state index contributed by atoms with van der Waals surface area (Å²) in [5, 5.41) is 7.53. The number of benzene rings is 1. The number of thiophene rings is 1. The highest BCUT2D eigenvalue weighted by Gasteiger charge is 2.09. The van der Waals surface area contributed by atoms with Crippen LogP contribution in [0.4, 0.5) is 0 Å². The van der Waals surface area contributed by atoms with E-state index in [-0.39, 0.29) is 0 Å². The first kappa shape index (κ1) is 11.2. The summed E-state index contributed by atoms with van der Waals surface area (Å²) in [7, 11) is 3.67. The SMILES string of the molecule is CNCc1cscc1-c1ccccc1OC. The molecule has 2 nitrogen and oxygen atoms in total. The van der Waals surface area contributed by atoms with Crippen molar-refractivity contribution in [3.05, 3.63) is 40.6 Å². The van der Waals surface area contributed by atoms with Gasteiger partial charge in [0.1, 0.15) is 5.75 Å². The molecule has 0 saturated heterocycles. The smallest absolute Gasteiger partial charge is 0.126 e. The van der Waals surface area contributed by atoms with E-state index in [2.05, 4.69) is 22.1 Å². The van der Waals surface area contributed by atoms with Gasteiger partial charge in [-0.15, -0.1) is 0 Å². The summed E-state index contributed by atoms with van der Waals surface area (Å²) in [5.41, 5.74) is 3.74. The summed E-state index contributed by atoms with van der Waals surface area (Å²) in [4.78, 5) is 0. The molecule has 0 spiro atoms. The van der Waals surface area contributed by atoms with Crippen molar-refractivity contribution < 1.29 is 4.74 Å². The van der Waals surface area contributed by atoms with Crippen molar-refractivity contribution in [1.29, 1.82) is 0 Å². The Bertz CT molecular complexity index is 464. The van der Waals surface area contributed by atoms with E-state index in [1.807, 2.05) is 25.2 Å². The molecule has 0 radical (unpaired) electrons. The number of ether oxygens (including phenoxy) is 1. The predicted octanol–water partition coefficient (Wildman–Crippen LogP) is 3.14. The molecule has 0 unspecified atom stereocenters. The van der Waals surface area contributed by atoms with Crippen molar-refractivity contribution >= 4 is 11.3 Å². The second kappa shape index (κ2) is 5.14. The monoisotopic (exact) mass is 233 g/mol. The molecule has 0 saturated carbocycles. The standard InChI is InChI=1S/C13H15NOS/c1-14-7-10-8-16-9-12(10)11-5-3-4-6-13(11)15-2/h3-6,8-9,14H,7H2,1-2H3. The molecule has 1 aromatic heterocycles. The van der Waals surface area contributed by atoms with Gasteiger partial charge in [-0.1, -0.05) is 18.2 Å². The van der Waals surface area contributed by atoms with E-state index in [1.54, 1.807) is 18.4 Å². The first-order valence-electron chi connectivity index (χ1n) is 5.20. The van der Waals surface area contributed by atoms with Crippen LogP contribution in [-0.4, -0.2) is 14.2 Å². The Morgan fingerprint density at radius 2 is 2.00 bits per heavy atom. The second-order valence-corrected chi connectivity index (χ2v) is 4.28. The minimum absolute atomic E-state index is 0.886. The minimum atomic E-state index is 0.886. The molecule has 1 aromatic carbocycles. The van der Waals surface area contributed by atoms with Crippen molar-refractivity contribution in [3.63, 3.8) is 0 Å². The van der Waals surface area contributed by atoms with Gasteiger partial charge in [-0.25, -0.2) is 0 Å². The van der Waals surface area contributed by atoms with Gasteiger partial charge in [0.05, 0.1) is 7.11 Å². The van der Waals surface area contributed by atoms with Crippen molar-refractivity contribution in [2.24, 2.45) is 0 Å². The maximum atomic E-state index is 5.39. The van der Waals surface area contributed by atoms with Gasteiger partial charge in [0.2, 0.25) is 0 Å². The van der Waals surface area contributed by atoms with Crippen LogP contribution in [-0.2, 0) is 6.54 Å². The normalized spacial score (nSPS) is 10.4. The average molecular weight is 233 g/mol. The summed E-state index contributed by atoms with van der Waals surface area (Å²) in [6, 6.07) is 8.13. The zero-order valence-electron chi connectivity index (χ0n) is 9.49. The first-order valence-corrected chi connectivity index (χ1v) is 6.14. The Labute approximate surface area is 99.9 Å². The highest BCUT2D eigenvalue weighted by atomic mass is 32.1. The molecule has 1 N–H and O–H groups in total. The Morgan fingerprint density at radius 1 is 1.19 bits per heavy atom. The van der Waals surface area contributed by atoms with Gasteiger partial charge < -0.3 is 10.1 Å². The van der Waals surface area contributed by atoms with Crippen molar-refractivity contribution in [1.82, 2.24) is 5.32 Å². The van der Waals surface area contributed by atoms with E-state index in [9.17, 15) is 0 Å². The molecular formula is C13H15NOS. The van der Waals surface area contributed by atoms with Crippen LogP contribution in [0.2, 0.25) is 0 Å². The Balaban J connectivity index is 2.45. The average Bonchev–Trinajstić information content (AvgIpc) is 2.77. The Morgan fingerprint density at radius 3 is 2.75 bits per heavy atom. The third-order valence-electron chi connectivity index (χ3n) is 2.51. The Kier molecular flexibility index (Phi) is 3.59. The molecule has 3 heteroatoms. The maximum Gasteiger partial charge on any atom is 0.126 e. The lowest BCUT2D eigenvalue weighted by Crippen LogP contribution is -2.04. The molecule has 0 amide bonds. The van der Waals surface area contributed by atoms with Gasteiger partial charge in [-0.05, 0) is 29.4 Å². The van der Waals surface area contributed by atoms with Crippen LogP contribution in [0, 0.1) is 0 Å². The first-order chi connectivity index (χ1) is 7.86. The number of hydrogen-bond donors (Lipinski definition) is 1. The fourth-order valence-electron chi connectivity index (χ4n) is 1.75. The number of methoxy groups -OCH3 is 1. The van der Waals surface area contributed by atoms with Crippen LogP contribution in [0.5, 0.6) is 5.75 Å². The molecule has 1 heterocycles. The third-order valence-corrected chi connectivity index (χ3v) is 3.30. The van der Waals surface area contributed by atoms with Gasteiger partial charge in [0.25, 0.3) is 0 Å². The van der Waals surface area contributed by atoms with Gasteiger partial charge >= 0.3 is 0 Å².